The Bertz CT molecular complexity index is 272. The van der Waals surface area contributed by atoms with E-state index in [-0.39, 0.29) is 0 Å². The molecule has 3 nitrogen and oxygen atoms in total. The van der Waals surface area contributed by atoms with E-state index in [0.717, 1.165) is 38.8 Å². The van der Waals surface area contributed by atoms with Crippen molar-refractivity contribution in [1.29, 1.82) is 0 Å². The fourth-order valence-corrected chi connectivity index (χ4v) is 3.47. The fraction of sp³-hybridized carbons (Fsp3) is 0.933. The lowest BCUT2D eigenvalue weighted by Crippen LogP contribution is -2.50. The summed E-state index contributed by atoms with van der Waals surface area (Å²) in [7, 11) is 0. The van der Waals surface area contributed by atoms with Crippen molar-refractivity contribution in [1.82, 2.24) is 4.90 Å². The Hall–Kier alpha value is -0.570. The van der Waals surface area contributed by atoms with Crippen LogP contribution in [0.25, 0.3) is 0 Å². The number of hydrogen-bond donors (Lipinski definition) is 1. The van der Waals surface area contributed by atoms with Gasteiger partial charge in [0.25, 0.3) is 0 Å². The standard InChI is InChI=1S/C15H28N2O/c1-2-12-11-17(10-9-14(12)16)15(18)13-7-5-3-4-6-8-13/h12-14H,2-11,16H2,1H3. The van der Waals surface area contributed by atoms with Crippen LogP contribution in [0.1, 0.15) is 58.3 Å². The van der Waals surface area contributed by atoms with Crippen molar-refractivity contribution in [3.05, 3.63) is 0 Å². The van der Waals surface area contributed by atoms with E-state index in [1.54, 1.807) is 0 Å². The fourth-order valence-electron chi connectivity index (χ4n) is 3.47. The Morgan fingerprint density at radius 2 is 1.83 bits per heavy atom. The van der Waals surface area contributed by atoms with Crippen LogP contribution in [-0.4, -0.2) is 29.9 Å². The Kier molecular flexibility index (Phi) is 5.04. The third-order valence-corrected chi connectivity index (χ3v) is 4.83. The van der Waals surface area contributed by atoms with Crippen LogP contribution in [0.2, 0.25) is 0 Å². The van der Waals surface area contributed by atoms with E-state index in [1.165, 1.54) is 25.7 Å². The largest absolute Gasteiger partial charge is 0.342 e. The summed E-state index contributed by atoms with van der Waals surface area (Å²) in [6, 6.07) is 0.299. The van der Waals surface area contributed by atoms with Gasteiger partial charge in [-0.15, -0.1) is 0 Å². The zero-order valence-electron chi connectivity index (χ0n) is 11.7. The third kappa shape index (κ3) is 3.25. The first-order valence-corrected chi connectivity index (χ1v) is 7.76. The molecule has 0 bridgehead atoms. The third-order valence-electron chi connectivity index (χ3n) is 4.83. The van der Waals surface area contributed by atoms with Crippen LogP contribution >= 0.6 is 0 Å². The molecule has 2 aliphatic rings. The number of carbonyl (C=O) groups excluding carboxylic acids is 1. The average molecular weight is 252 g/mol. The molecule has 3 heteroatoms. The van der Waals surface area contributed by atoms with Crippen molar-refractivity contribution in [2.45, 2.75) is 64.3 Å². The van der Waals surface area contributed by atoms with Crippen LogP contribution < -0.4 is 5.73 Å². The van der Waals surface area contributed by atoms with Gasteiger partial charge in [-0.3, -0.25) is 4.79 Å². The van der Waals surface area contributed by atoms with Crippen molar-refractivity contribution >= 4 is 5.91 Å². The van der Waals surface area contributed by atoms with Crippen LogP contribution in [0, 0.1) is 11.8 Å². The van der Waals surface area contributed by atoms with Gasteiger partial charge >= 0.3 is 0 Å². The molecule has 2 N–H and O–H groups in total. The minimum atomic E-state index is 0.299. The van der Waals surface area contributed by atoms with Crippen LogP contribution in [0.5, 0.6) is 0 Å². The highest BCUT2D eigenvalue weighted by molar-refractivity contribution is 5.79. The lowest BCUT2D eigenvalue weighted by molar-refractivity contribution is -0.138. The Labute approximate surface area is 111 Å². The summed E-state index contributed by atoms with van der Waals surface area (Å²) in [6.45, 7) is 3.96. The molecular weight excluding hydrogens is 224 g/mol. The minimum absolute atomic E-state index is 0.299. The number of likely N-dealkylation sites (tertiary alicyclic amines) is 1. The van der Waals surface area contributed by atoms with Crippen LogP contribution in [0.3, 0.4) is 0 Å². The Balaban J connectivity index is 1.91. The number of hydrogen-bond acceptors (Lipinski definition) is 2. The molecule has 1 saturated carbocycles. The van der Waals surface area contributed by atoms with E-state index in [9.17, 15) is 4.79 Å². The molecule has 18 heavy (non-hydrogen) atoms. The van der Waals surface area contributed by atoms with Gasteiger partial charge in [0, 0.05) is 25.0 Å². The SMILES string of the molecule is CCC1CN(C(=O)C2CCCCCC2)CCC1N. The molecule has 1 aliphatic carbocycles. The van der Waals surface area contributed by atoms with E-state index in [4.69, 9.17) is 5.73 Å². The molecule has 2 unspecified atom stereocenters. The predicted octanol–water partition coefficient (Wildman–Crippen LogP) is 2.54. The highest BCUT2D eigenvalue weighted by Gasteiger charge is 2.31. The van der Waals surface area contributed by atoms with Crippen LogP contribution in [-0.2, 0) is 4.79 Å². The summed E-state index contributed by atoms with van der Waals surface area (Å²) in [5.74, 6) is 1.23. The predicted molar refractivity (Wildman–Crippen MR) is 74.1 cm³/mol. The summed E-state index contributed by atoms with van der Waals surface area (Å²) in [4.78, 5) is 14.7. The van der Waals surface area contributed by atoms with Crippen molar-refractivity contribution in [3.8, 4) is 0 Å². The average Bonchev–Trinajstić information content (AvgIpc) is 2.67. The van der Waals surface area contributed by atoms with Crippen molar-refractivity contribution in [2.24, 2.45) is 17.6 Å². The topological polar surface area (TPSA) is 46.3 Å². The molecule has 1 amide bonds. The number of piperidine rings is 1. The first kappa shape index (κ1) is 13.9. The molecule has 0 aromatic carbocycles. The summed E-state index contributed by atoms with van der Waals surface area (Å²) in [5.41, 5.74) is 6.12. The maximum absolute atomic E-state index is 12.6. The number of amides is 1. The second-order valence-electron chi connectivity index (χ2n) is 6.09. The zero-order chi connectivity index (χ0) is 13.0. The Morgan fingerprint density at radius 1 is 1.17 bits per heavy atom. The second kappa shape index (κ2) is 6.55. The normalized spacial score (nSPS) is 31.1. The van der Waals surface area contributed by atoms with Crippen LogP contribution in [0.4, 0.5) is 0 Å². The van der Waals surface area contributed by atoms with E-state index in [1.807, 2.05) is 0 Å². The molecule has 2 atom stereocenters. The molecule has 0 aromatic heterocycles. The summed E-state index contributed by atoms with van der Waals surface area (Å²) < 4.78 is 0. The molecule has 104 valence electrons. The van der Waals surface area contributed by atoms with Gasteiger partial charge in [0.05, 0.1) is 0 Å². The Morgan fingerprint density at radius 3 is 2.44 bits per heavy atom. The number of carbonyl (C=O) groups is 1. The number of nitrogens with zero attached hydrogens (tertiary/aromatic N) is 1. The zero-order valence-corrected chi connectivity index (χ0v) is 11.7. The molecule has 2 rings (SSSR count). The smallest absolute Gasteiger partial charge is 0.225 e. The quantitative estimate of drug-likeness (QED) is 0.768. The van der Waals surface area contributed by atoms with Gasteiger partial charge in [-0.25, -0.2) is 0 Å². The van der Waals surface area contributed by atoms with Gasteiger partial charge in [-0.05, 0) is 25.2 Å². The van der Waals surface area contributed by atoms with E-state index < -0.39 is 0 Å². The lowest BCUT2D eigenvalue weighted by Gasteiger charge is -2.38. The second-order valence-corrected chi connectivity index (χ2v) is 6.09. The van der Waals surface area contributed by atoms with Crippen molar-refractivity contribution in [3.63, 3.8) is 0 Å². The van der Waals surface area contributed by atoms with E-state index in [2.05, 4.69) is 11.8 Å². The molecule has 0 radical (unpaired) electrons. The summed E-state index contributed by atoms with van der Waals surface area (Å²) >= 11 is 0. The van der Waals surface area contributed by atoms with Crippen LogP contribution in [0.15, 0.2) is 0 Å². The number of nitrogens with two attached hydrogens (primary N) is 1. The first-order valence-electron chi connectivity index (χ1n) is 7.76. The molecular formula is C15H28N2O. The van der Waals surface area contributed by atoms with Gasteiger partial charge in [0.15, 0.2) is 0 Å². The van der Waals surface area contributed by atoms with Crippen molar-refractivity contribution in [2.75, 3.05) is 13.1 Å². The van der Waals surface area contributed by atoms with E-state index >= 15 is 0 Å². The highest BCUT2D eigenvalue weighted by Crippen LogP contribution is 2.27. The molecule has 1 heterocycles. The van der Waals surface area contributed by atoms with Gasteiger partial charge in [0.1, 0.15) is 0 Å². The van der Waals surface area contributed by atoms with Crippen molar-refractivity contribution < 1.29 is 4.79 Å². The van der Waals surface area contributed by atoms with Gasteiger partial charge in [-0.1, -0.05) is 39.0 Å². The monoisotopic (exact) mass is 252 g/mol. The molecule has 0 aromatic rings. The van der Waals surface area contributed by atoms with E-state index in [0.29, 0.717) is 23.8 Å². The lowest BCUT2D eigenvalue weighted by atomic mass is 9.89. The molecule has 2 fully saturated rings. The van der Waals surface area contributed by atoms with Gasteiger partial charge < -0.3 is 10.6 Å². The summed E-state index contributed by atoms with van der Waals surface area (Å²) in [6.07, 6.45) is 9.39. The minimum Gasteiger partial charge on any atom is -0.342 e. The molecule has 0 spiro atoms. The molecule has 1 aliphatic heterocycles. The van der Waals surface area contributed by atoms with Gasteiger partial charge in [-0.2, -0.15) is 0 Å². The highest BCUT2D eigenvalue weighted by atomic mass is 16.2. The number of rotatable bonds is 2. The van der Waals surface area contributed by atoms with Gasteiger partial charge in [0.2, 0.25) is 5.91 Å². The maximum atomic E-state index is 12.6. The first-order chi connectivity index (χ1) is 8.72. The summed E-state index contributed by atoms with van der Waals surface area (Å²) in [5, 5.41) is 0. The molecule has 1 saturated heterocycles. The maximum Gasteiger partial charge on any atom is 0.225 e.